The Bertz CT molecular complexity index is 1300. The molecule has 3 saturated carbocycles. The molecule has 3 aliphatic carbocycles. The number of carbonyl (C=O) groups is 2. The zero-order valence-corrected chi connectivity index (χ0v) is 23.0. The zero-order valence-electron chi connectivity index (χ0n) is 23.0. The third kappa shape index (κ3) is 9.82. The lowest BCUT2D eigenvalue weighted by Gasteiger charge is -2.34. The number of aromatic nitrogens is 4. The average molecular weight is 581 g/mol. The van der Waals surface area contributed by atoms with E-state index in [1.807, 2.05) is 18.2 Å². The second kappa shape index (κ2) is 13.4. The molecule has 0 bridgehead atoms. The fourth-order valence-corrected chi connectivity index (χ4v) is 4.77. The minimum absolute atomic E-state index is 0.0518. The lowest BCUT2D eigenvalue weighted by Crippen LogP contribution is -2.38. The summed E-state index contributed by atoms with van der Waals surface area (Å²) < 4.78 is 56.1. The molecule has 3 fully saturated rings. The molecule has 224 valence electrons. The van der Waals surface area contributed by atoms with Crippen LogP contribution in [0.25, 0.3) is 11.0 Å². The van der Waals surface area contributed by atoms with Gasteiger partial charge >= 0.3 is 0 Å². The largest absolute Gasteiger partial charge is 0.352 e. The lowest BCUT2D eigenvalue weighted by molar-refractivity contribution is -0.133. The first-order chi connectivity index (χ1) is 19.5. The van der Waals surface area contributed by atoms with Crippen LogP contribution in [0.1, 0.15) is 86.0 Å². The van der Waals surface area contributed by atoms with Crippen molar-refractivity contribution in [2.24, 2.45) is 11.8 Å². The molecule has 3 aliphatic rings. The predicted octanol–water partition coefficient (Wildman–Crippen LogP) is 5.72. The number of halogens is 4. The van der Waals surface area contributed by atoms with E-state index in [1.54, 1.807) is 13.3 Å². The van der Waals surface area contributed by atoms with Crippen LogP contribution in [-0.2, 0) is 11.3 Å². The molecule has 9 nitrogen and oxygen atoms in total. The summed E-state index contributed by atoms with van der Waals surface area (Å²) in [5.41, 5.74) is 3.24. The minimum atomic E-state index is -2.60. The van der Waals surface area contributed by atoms with Crippen LogP contribution in [0.15, 0.2) is 29.2 Å². The van der Waals surface area contributed by atoms with Gasteiger partial charge in [0.2, 0.25) is 17.8 Å². The zero-order chi connectivity index (χ0) is 29.5. The van der Waals surface area contributed by atoms with E-state index in [1.165, 1.54) is 19.3 Å². The standard InChI is InChI=1S/C14H15F2N3O.C11H15F2N3O2.C3H6/c15-14(16)5-10(6-14)4-13(20)17-7-9-1-2-11-12(3-9)19-8-18-11;1-7-9(16-18-15-7)10(17)14-6-8-3-2-4-11(12,13)5-8;1-2-3-1/h1-3,8,10H,4-7H2,(H,17,20)(H,18,19);8H,2-6H2,1H3,(H,14,17);1-3H2. The number of H-pyrrole nitrogens is 1. The summed E-state index contributed by atoms with van der Waals surface area (Å²) in [4.78, 5) is 30.5. The summed E-state index contributed by atoms with van der Waals surface area (Å²) in [7, 11) is 0. The van der Waals surface area contributed by atoms with Gasteiger partial charge in [-0.2, -0.15) is 0 Å². The maximum atomic E-state index is 13.2. The normalized spacial score (nSPS) is 20.5. The average Bonchev–Trinajstić information content (AvgIpc) is 3.60. The predicted molar refractivity (Wildman–Crippen MR) is 142 cm³/mol. The van der Waals surface area contributed by atoms with Crippen LogP contribution in [-0.4, -0.2) is 50.5 Å². The third-order valence-electron chi connectivity index (χ3n) is 7.14. The van der Waals surface area contributed by atoms with E-state index in [2.05, 4.69) is 35.5 Å². The van der Waals surface area contributed by atoms with Crippen molar-refractivity contribution >= 4 is 22.8 Å². The Kier molecular flexibility index (Phi) is 9.98. The Hall–Kier alpha value is -3.51. The van der Waals surface area contributed by atoms with Crippen molar-refractivity contribution in [3.05, 3.63) is 41.5 Å². The number of aryl methyl sites for hydroxylation is 1. The van der Waals surface area contributed by atoms with Crippen molar-refractivity contribution < 1.29 is 31.8 Å². The van der Waals surface area contributed by atoms with Crippen molar-refractivity contribution in [3.8, 4) is 0 Å². The smallest absolute Gasteiger partial charge is 0.275 e. The Morgan fingerprint density at radius 1 is 1.00 bits per heavy atom. The number of hydrogen-bond donors (Lipinski definition) is 3. The van der Waals surface area contributed by atoms with Crippen molar-refractivity contribution in [2.75, 3.05) is 6.54 Å². The Morgan fingerprint density at radius 3 is 2.37 bits per heavy atom. The van der Waals surface area contributed by atoms with Crippen LogP contribution in [0.4, 0.5) is 17.6 Å². The molecule has 0 spiro atoms. The van der Waals surface area contributed by atoms with Crippen LogP contribution in [0, 0.1) is 18.8 Å². The summed E-state index contributed by atoms with van der Waals surface area (Å²) in [6.45, 7) is 2.23. The number of imidazole rings is 1. The maximum absolute atomic E-state index is 13.2. The topological polar surface area (TPSA) is 126 Å². The summed E-state index contributed by atoms with van der Waals surface area (Å²) >= 11 is 0. The second-order valence-electron chi connectivity index (χ2n) is 11.2. The van der Waals surface area contributed by atoms with E-state index < -0.39 is 17.8 Å². The molecular weight excluding hydrogens is 544 g/mol. The molecule has 0 saturated heterocycles. The summed E-state index contributed by atoms with van der Waals surface area (Å²) in [6.07, 6.45) is 6.96. The van der Waals surface area contributed by atoms with E-state index in [9.17, 15) is 27.2 Å². The molecule has 13 heteroatoms. The monoisotopic (exact) mass is 580 g/mol. The SMILES string of the molecule is C1CC1.Cc1nonc1C(=O)NCC1CCCC(F)(F)C1.O=C(CC1CC(F)(F)C1)NCc1ccc2nc[nH]c2c1. The number of nitrogens with zero attached hydrogens (tertiary/aromatic N) is 3. The van der Waals surface area contributed by atoms with Gasteiger partial charge in [0.05, 0.1) is 17.4 Å². The summed E-state index contributed by atoms with van der Waals surface area (Å²) in [5, 5.41) is 12.3. The summed E-state index contributed by atoms with van der Waals surface area (Å²) in [5.74, 6) is -6.12. The second-order valence-corrected chi connectivity index (χ2v) is 11.2. The Balaban J connectivity index is 0.000000172. The van der Waals surface area contributed by atoms with Crippen LogP contribution >= 0.6 is 0 Å². The van der Waals surface area contributed by atoms with Gasteiger partial charge in [0.25, 0.3) is 5.91 Å². The molecule has 1 aromatic carbocycles. The minimum Gasteiger partial charge on any atom is -0.352 e. The van der Waals surface area contributed by atoms with Gasteiger partial charge in [0, 0.05) is 45.2 Å². The fourth-order valence-electron chi connectivity index (χ4n) is 4.77. The Morgan fingerprint density at radius 2 is 1.73 bits per heavy atom. The first-order valence-corrected chi connectivity index (χ1v) is 14.0. The number of rotatable bonds is 7. The van der Waals surface area contributed by atoms with Gasteiger partial charge in [-0.25, -0.2) is 27.2 Å². The number of alkyl halides is 4. The number of amides is 2. The van der Waals surface area contributed by atoms with E-state index in [0.29, 0.717) is 25.1 Å². The fraction of sp³-hybridized carbons (Fsp3) is 0.607. The molecule has 1 atom stereocenters. The molecule has 1 unspecified atom stereocenters. The van der Waals surface area contributed by atoms with Gasteiger partial charge in [-0.1, -0.05) is 30.5 Å². The molecule has 2 amide bonds. The van der Waals surface area contributed by atoms with E-state index in [0.717, 1.165) is 16.6 Å². The van der Waals surface area contributed by atoms with Crippen LogP contribution in [0.3, 0.4) is 0 Å². The van der Waals surface area contributed by atoms with E-state index in [4.69, 9.17) is 0 Å². The molecular formula is C28H36F4N6O3. The van der Waals surface area contributed by atoms with Crippen LogP contribution in [0.2, 0.25) is 0 Å². The maximum Gasteiger partial charge on any atom is 0.275 e. The Labute approximate surface area is 235 Å². The number of fused-ring (bicyclic) bond motifs is 1. The highest BCUT2D eigenvalue weighted by atomic mass is 19.3. The van der Waals surface area contributed by atoms with Crippen molar-refractivity contribution in [1.29, 1.82) is 0 Å². The number of benzene rings is 1. The number of carbonyl (C=O) groups excluding carboxylic acids is 2. The quantitative estimate of drug-likeness (QED) is 0.307. The molecule has 3 N–H and O–H groups in total. The summed E-state index contributed by atoms with van der Waals surface area (Å²) in [6, 6.07) is 5.68. The molecule has 0 radical (unpaired) electrons. The van der Waals surface area contributed by atoms with Crippen LogP contribution < -0.4 is 10.6 Å². The number of aromatic amines is 1. The van der Waals surface area contributed by atoms with Crippen molar-refractivity contribution in [2.45, 2.75) is 89.5 Å². The molecule has 0 aliphatic heterocycles. The van der Waals surface area contributed by atoms with Gasteiger partial charge < -0.3 is 15.6 Å². The lowest BCUT2D eigenvalue weighted by atomic mass is 9.79. The highest BCUT2D eigenvalue weighted by Gasteiger charge is 2.45. The molecule has 2 aromatic heterocycles. The van der Waals surface area contributed by atoms with E-state index >= 15 is 0 Å². The van der Waals surface area contributed by atoms with E-state index in [-0.39, 0.29) is 62.1 Å². The molecule has 2 heterocycles. The molecule has 3 aromatic rings. The number of nitrogens with one attached hydrogen (secondary N) is 3. The highest BCUT2D eigenvalue weighted by molar-refractivity contribution is 5.92. The highest BCUT2D eigenvalue weighted by Crippen LogP contribution is 2.44. The van der Waals surface area contributed by atoms with Crippen molar-refractivity contribution in [3.63, 3.8) is 0 Å². The third-order valence-corrected chi connectivity index (χ3v) is 7.14. The first-order valence-electron chi connectivity index (χ1n) is 14.0. The van der Waals surface area contributed by atoms with Gasteiger partial charge in [-0.15, -0.1) is 0 Å². The first kappa shape index (κ1) is 30.4. The molecule has 41 heavy (non-hydrogen) atoms. The van der Waals surface area contributed by atoms with Gasteiger partial charge in [0.15, 0.2) is 5.69 Å². The number of hydrogen-bond acceptors (Lipinski definition) is 6. The molecule has 6 rings (SSSR count). The van der Waals surface area contributed by atoms with Gasteiger partial charge in [-0.05, 0) is 54.5 Å². The van der Waals surface area contributed by atoms with Gasteiger partial charge in [-0.3, -0.25) is 9.59 Å². The van der Waals surface area contributed by atoms with Crippen molar-refractivity contribution in [1.82, 2.24) is 30.9 Å². The van der Waals surface area contributed by atoms with Gasteiger partial charge in [0.1, 0.15) is 5.69 Å². The van der Waals surface area contributed by atoms with Crippen LogP contribution in [0.5, 0.6) is 0 Å².